The van der Waals surface area contributed by atoms with Crippen molar-refractivity contribution in [3.05, 3.63) is 192 Å². The highest BCUT2D eigenvalue weighted by Crippen LogP contribution is 2.36. The zero-order valence-corrected chi connectivity index (χ0v) is 56.6. The molecule has 0 saturated heterocycles. The van der Waals surface area contributed by atoms with Crippen LogP contribution in [0.15, 0.2) is 170 Å². The molecule has 4 heterocycles. The maximum absolute atomic E-state index is 4.86. The van der Waals surface area contributed by atoms with E-state index in [0.29, 0.717) is 23.7 Å². The number of para-hydroxylation sites is 8. The molecule has 0 aliphatic heterocycles. The topological polar surface area (TPSA) is 83.1 Å². The summed E-state index contributed by atoms with van der Waals surface area (Å²) in [5, 5.41) is 0. The minimum Gasteiger partial charge on any atom is -1.00 e. The smallest absolute Gasteiger partial charge is 0.257 e. The van der Waals surface area contributed by atoms with Crippen LogP contribution in [0.5, 0.6) is 0 Å². The van der Waals surface area contributed by atoms with Crippen molar-refractivity contribution in [3.8, 4) is 0 Å². The molecule has 77 heavy (non-hydrogen) atoms. The van der Waals surface area contributed by atoms with Gasteiger partial charge in [-0.2, -0.15) is 0 Å². The summed E-state index contributed by atoms with van der Waals surface area (Å²) in [5.41, 5.74) is 14.6. The molecular weight excluding hydrogens is 1480 g/mol. The maximum atomic E-state index is 4.86. The SMILES string of the molecule is CCC(C)c1cccc2[s+]c3ccccc3nc12.CCC(C)c1cccc2[s+]c3ccccc3nc12.CCC(C)c1cccc2[s+]c3ccccc3nc12.CCC(C)c1cccc2[s+]c3ccccc3nc12.O.[I-].[I-].[I-].[I-]. The van der Waals surface area contributed by atoms with Gasteiger partial charge in [-0.15, -0.1) is 0 Å². The van der Waals surface area contributed by atoms with Crippen molar-refractivity contribution in [1.29, 1.82) is 0 Å². The van der Waals surface area contributed by atoms with Gasteiger partial charge in [0, 0.05) is 48.5 Å². The summed E-state index contributed by atoms with van der Waals surface area (Å²) in [4.78, 5) is 19.4. The minimum atomic E-state index is 0. The number of fused-ring (bicyclic) bond motifs is 8. The van der Waals surface area contributed by atoms with Gasteiger partial charge in [0.2, 0.25) is 45.3 Å². The molecule has 12 rings (SSSR count). The molecule has 8 aromatic carbocycles. The van der Waals surface area contributed by atoms with E-state index in [-0.39, 0.29) is 101 Å². The van der Waals surface area contributed by atoms with Crippen molar-refractivity contribution in [2.24, 2.45) is 0 Å². The molecule has 0 aliphatic carbocycles. The number of halogens is 4. The van der Waals surface area contributed by atoms with Gasteiger partial charge in [-0.3, -0.25) is 0 Å². The van der Waals surface area contributed by atoms with E-state index in [9.17, 15) is 0 Å². The summed E-state index contributed by atoms with van der Waals surface area (Å²) in [6, 6.07) is 59.6. The third kappa shape index (κ3) is 15.6. The van der Waals surface area contributed by atoms with Gasteiger partial charge in [0.25, 0.3) is 37.6 Å². The molecule has 5 nitrogen and oxygen atoms in total. The Morgan fingerprint density at radius 3 is 0.649 bits per heavy atom. The van der Waals surface area contributed by atoms with Crippen LogP contribution in [0.25, 0.3) is 81.7 Å². The highest BCUT2D eigenvalue weighted by molar-refractivity contribution is 7.25. The Bertz CT molecular complexity index is 3350. The van der Waals surface area contributed by atoms with E-state index in [0.717, 1.165) is 47.8 Å². The van der Waals surface area contributed by atoms with Crippen molar-refractivity contribution < 1.29 is 101 Å². The third-order valence-electron chi connectivity index (χ3n) is 14.0. The summed E-state index contributed by atoms with van der Waals surface area (Å²) in [6.07, 6.45) is 4.60. The lowest BCUT2D eigenvalue weighted by molar-refractivity contribution is -0.00100. The second-order valence-electron chi connectivity index (χ2n) is 18.7. The monoisotopic (exact) mass is 1540 g/mol. The first kappa shape index (κ1) is 66.2. The molecule has 0 radical (unpaired) electrons. The van der Waals surface area contributed by atoms with Gasteiger partial charge in [-0.25, -0.2) is 19.9 Å². The van der Waals surface area contributed by atoms with Crippen LogP contribution in [0.1, 0.15) is 127 Å². The van der Waals surface area contributed by atoms with E-state index in [1.165, 1.54) is 81.9 Å². The summed E-state index contributed by atoms with van der Waals surface area (Å²) in [5.74, 6) is 2.26. The first-order chi connectivity index (χ1) is 35.2. The second kappa shape index (κ2) is 31.6. The van der Waals surface area contributed by atoms with Crippen LogP contribution < -0.4 is 95.9 Å². The Balaban J connectivity index is 0.000000217. The number of benzene rings is 8. The lowest BCUT2D eigenvalue weighted by atomic mass is 9.98. The average molecular weight is 1540 g/mol. The first-order valence-corrected chi connectivity index (χ1v) is 28.9. The molecule has 4 unspecified atom stereocenters. The second-order valence-corrected chi connectivity index (χ2v) is 23.1. The summed E-state index contributed by atoms with van der Waals surface area (Å²) in [6.45, 7) is 18.0. The summed E-state index contributed by atoms with van der Waals surface area (Å²) >= 11 is 7.32. The van der Waals surface area contributed by atoms with Crippen LogP contribution in [-0.4, -0.2) is 25.4 Å². The Kier molecular flexibility index (Phi) is 27.2. The Hall–Kier alpha value is -3.28. The van der Waals surface area contributed by atoms with E-state index in [1.807, 2.05) is 45.3 Å². The fraction of sp³-hybridized carbons (Fsp3) is 0.250. The number of nitrogens with zero attached hydrogens (tertiary/aromatic N) is 4. The van der Waals surface area contributed by atoms with Crippen LogP contribution in [0.4, 0.5) is 0 Å². The molecule has 400 valence electrons. The predicted octanol–water partition coefficient (Wildman–Crippen LogP) is 8.17. The Morgan fingerprint density at radius 1 is 0.273 bits per heavy atom. The number of hydrogen-bond acceptors (Lipinski definition) is 4. The molecule has 0 spiro atoms. The molecule has 4 atom stereocenters. The molecular formula is C64H66I4N4OS4. The standard InChI is InChI=1S/4C16H16NS.4HI.H2O/c4*1-3-11(2)12-7-6-10-15-16(12)17-13-8-4-5-9-14(13)18-15;;;;;/h4*4-11H,3H2,1-2H3;4*1H;1H2/q4*+1;;;;;/p-4. The van der Waals surface area contributed by atoms with E-state index in [1.54, 1.807) is 0 Å². The first-order valence-electron chi connectivity index (χ1n) is 25.6. The fourth-order valence-corrected chi connectivity index (χ4v) is 13.0. The highest BCUT2D eigenvalue weighted by atomic mass is 127. The molecule has 0 fully saturated rings. The van der Waals surface area contributed by atoms with Gasteiger partial charge < -0.3 is 101 Å². The van der Waals surface area contributed by atoms with Gasteiger partial charge in [0.15, 0.2) is 0 Å². The van der Waals surface area contributed by atoms with Crippen LogP contribution in [0.2, 0.25) is 0 Å². The van der Waals surface area contributed by atoms with Gasteiger partial charge in [-0.05, 0) is 95.9 Å². The lowest BCUT2D eigenvalue weighted by Gasteiger charge is -2.09. The van der Waals surface area contributed by atoms with Crippen molar-refractivity contribution >= 4 is 127 Å². The van der Waals surface area contributed by atoms with E-state index in [2.05, 4.69) is 225 Å². The summed E-state index contributed by atoms with van der Waals surface area (Å²) in [7, 11) is 0. The van der Waals surface area contributed by atoms with E-state index >= 15 is 0 Å². The van der Waals surface area contributed by atoms with E-state index in [4.69, 9.17) is 19.9 Å². The molecule has 0 amide bonds. The predicted molar refractivity (Wildman–Crippen MR) is 325 cm³/mol. The molecule has 4 aromatic heterocycles. The van der Waals surface area contributed by atoms with Crippen molar-refractivity contribution in [2.45, 2.75) is 105 Å². The molecule has 12 aromatic rings. The maximum Gasteiger partial charge on any atom is 0.257 e. The lowest BCUT2D eigenvalue weighted by Crippen LogP contribution is -3.00. The third-order valence-corrected chi connectivity index (χ3v) is 18.4. The number of aromatic nitrogens is 4. The Morgan fingerprint density at radius 2 is 0.455 bits per heavy atom. The van der Waals surface area contributed by atoms with Crippen molar-refractivity contribution in [2.75, 3.05) is 0 Å². The molecule has 0 bridgehead atoms. The van der Waals surface area contributed by atoms with Crippen LogP contribution in [0.3, 0.4) is 0 Å². The van der Waals surface area contributed by atoms with Gasteiger partial charge in [-0.1, -0.05) is 152 Å². The quantitative estimate of drug-likeness (QED) is 0.0875. The van der Waals surface area contributed by atoms with Gasteiger partial charge >= 0.3 is 0 Å². The molecule has 13 heteroatoms. The highest BCUT2D eigenvalue weighted by Gasteiger charge is 2.21. The van der Waals surface area contributed by atoms with Gasteiger partial charge in [0.1, 0.15) is 44.1 Å². The van der Waals surface area contributed by atoms with Crippen LogP contribution >= 0.6 is 45.3 Å². The number of hydrogen-bond donors (Lipinski definition) is 0. The summed E-state index contributed by atoms with van der Waals surface area (Å²) < 4.78 is 10.2. The zero-order valence-electron chi connectivity index (χ0n) is 44.7. The molecule has 0 aliphatic rings. The van der Waals surface area contributed by atoms with Crippen LogP contribution in [-0.2, 0) is 0 Å². The number of rotatable bonds is 8. The van der Waals surface area contributed by atoms with Crippen LogP contribution in [0, 0.1) is 0 Å². The van der Waals surface area contributed by atoms with Crippen molar-refractivity contribution in [1.82, 2.24) is 19.9 Å². The molecule has 0 saturated carbocycles. The van der Waals surface area contributed by atoms with Gasteiger partial charge in [0.05, 0.1) is 0 Å². The normalized spacial score (nSPS) is 12.2. The fourth-order valence-electron chi connectivity index (χ4n) is 8.93. The largest absolute Gasteiger partial charge is 1.00 e. The zero-order chi connectivity index (χ0) is 50.1. The minimum absolute atomic E-state index is 0. The van der Waals surface area contributed by atoms with E-state index < -0.39 is 0 Å². The van der Waals surface area contributed by atoms with Crippen molar-refractivity contribution in [3.63, 3.8) is 0 Å². The average Bonchev–Trinajstić information content (AvgIpc) is 3.43. The Labute approximate surface area is 538 Å². The molecule has 2 N–H and O–H groups in total.